The van der Waals surface area contributed by atoms with Crippen molar-refractivity contribution < 1.29 is 4.79 Å². The summed E-state index contributed by atoms with van der Waals surface area (Å²) in [5.41, 5.74) is 6.97. The Balaban J connectivity index is 2.06. The molecular weight excluding hydrogens is 274 g/mol. The van der Waals surface area contributed by atoms with Crippen molar-refractivity contribution in [1.29, 1.82) is 0 Å². The Kier molecular flexibility index (Phi) is 4.89. The Morgan fingerprint density at radius 2 is 2.35 bits per heavy atom. The van der Waals surface area contributed by atoms with Crippen LogP contribution in [-0.4, -0.2) is 29.4 Å². The summed E-state index contributed by atoms with van der Waals surface area (Å²) in [6.07, 6.45) is 3.42. The molecule has 1 aromatic carbocycles. The van der Waals surface area contributed by atoms with Crippen molar-refractivity contribution in [2.75, 3.05) is 17.6 Å². The third-order valence-electron chi connectivity index (χ3n) is 4.04. The van der Waals surface area contributed by atoms with Gasteiger partial charge in [0.05, 0.1) is 17.4 Å². The maximum absolute atomic E-state index is 12.4. The number of amides is 1. The normalized spacial score (nSPS) is 20.9. The summed E-state index contributed by atoms with van der Waals surface area (Å²) in [6.45, 7) is 5.10. The zero-order chi connectivity index (χ0) is 14.7. The number of nitrogens with one attached hydrogen (secondary N) is 1. The van der Waals surface area contributed by atoms with Crippen molar-refractivity contribution >= 4 is 28.9 Å². The lowest BCUT2D eigenvalue weighted by molar-refractivity contribution is -0.121. The van der Waals surface area contributed by atoms with Crippen LogP contribution in [0.15, 0.2) is 18.2 Å². The number of likely N-dealkylation sites (tertiary alicyclic amines) is 1. The Bertz CT molecular complexity index is 492. The van der Waals surface area contributed by atoms with Gasteiger partial charge in [0, 0.05) is 11.1 Å². The minimum Gasteiger partial charge on any atom is -0.397 e. The third-order valence-corrected chi connectivity index (χ3v) is 4.28. The van der Waals surface area contributed by atoms with Gasteiger partial charge in [-0.1, -0.05) is 18.5 Å². The molecule has 2 unspecified atom stereocenters. The topological polar surface area (TPSA) is 58.4 Å². The average Bonchev–Trinajstić information content (AvgIpc) is 2.90. The minimum atomic E-state index is -0.152. The molecule has 1 fully saturated rings. The molecule has 5 heteroatoms. The number of carbonyl (C=O) groups is 1. The van der Waals surface area contributed by atoms with Crippen molar-refractivity contribution in [2.45, 2.75) is 45.2 Å². The summed E-state index contributed by atoms with van der Waals surface area (Å²) in [7, 11) is 0. The van der Waals surface area contributed by atoms with E-state index in [0.717, 1.165) is 19.4 Å². The molecule has 4 nitrogen and oxygen atoms in total. The zero-order valence-electron chi connectivity index (χ0n) is 12.0. The highest BCUT2D eigenvalue weighted by Crippen LogP contribution is 2.25. The van der Waals surface area contributed by atoms with Crippen LogP contribution in [0.2, 0.25) is 5.02 Å². The lowest BCUT2D eigenvalue weighted by atomic mass is 10.1. The van der Waals surface area contributed by atoms with Crippen LogP contribution in [0, 0.1) is 0 Å². The number of rotatable bonds is 4. The SMILES string of the molecule is CCC1CCCN1C(C)C(=O)Nc1cc(Cl)ccc1N. The average molecular weight is 296 g/mol. The van der Waals surface area contributed by atoms with Crippen LogP contribution < -0.4 is 11.1 Å². The van der Waals surface area contributed by atoms with E-state index in [-0.39, 0.29) is 11.9 Å². The predicted molar refractivity (Wildman–Crippen MR) is 84.0 cm³/mol. The molecule has 1 amide bonds. The fourth-order valence-corrected chi connectivity index (χ4v) is 3.00. The number of carbonyl (C=O) groups excluding carboxylic acids is 1. The van der Waals surface area contributed by atoms with E-state index in [1.165, 1.54) is 6.42 Å². The fourth-order valence-electron chi connectivity index (χ4n) is 2.83. The molecule has 0 saturated carbocycles. The molecule has 1 heterocycles. The molecular formula is C15H22ClN3O. The summed E-state index contributed by atoms with van der Waals surface area (Å²) in [6, 6.07) is 5.45. The van der Waals surface area contributed by atoms with Gasteiger partial charge in [-0.3, -0.25) is 9.69 Å². The first-order valence-electron chi connectivity index (χ1n) is 7.14. The molecule has 0 aliphatic carbocycles. The molecule has 110 valence electrons. The van der Waals surface area contributed by atoms with E-state index < -0.39 is 0 Å². The van der Waals surface area contributed by atoms with Crippen LogP contribution in [0.3, 0.4) is 0 Å². The van der Waals surface area contributed by atoms with Crippen molar-refractivity contribution in [3.8, 4) is 0 Å². The number of nitrogens with two attached hydrogens (primary N) is 1. The highest BCUT2D eigenvalue weighted by Gasteiger charge is 2.30. The number of anilines is 2. The van der Waals surface area contributed by atoms with Gasteiger partial charge < -0.3 is 11.1 Å². The highest BCUT2D eigenvalue weighted by molar-refractivity contribution is 6.31. The van der Waals surface area contributed by atoms with E-state index in [0.29, 0.717) is 22.4 Å². The summed E-state index contributed by atoms with van der Waals surface area (Å²) < 4.78 is 0. The van der Waals surface area contributed by atoms with Gasteiger partial charge in [0.2, 0.25) is 5.91 Å². The van der Waals surface area contributed by atoms with E-state index in [2.05, 4.69) is 17.1 Å². The van der Waals surface area contributed by atoms with Gasteiger partial charge in [-0.25, -0.2) is 0 Å². The van der Waals surface area contributed by atoms with Gasteiger partial charge in [0.25, 0.3) is 0 Å². The molecule has 2 atom stereocenters. The molecule has 0 bridgehead atoms. The summed E-state index contributed by atoms with van der Waals surface area (Å²) in [4.78, 5) is 14.6. The second-order valence-electron chi connectivity index (χ2n) is 5.34. The first kappa shape index (κ1) is 15.1. The van der Waals surface area contributed by atoms with E-state index in [1.54, 1.807) is 18.2 Å². The number of hydrogen-bond donors (Lipinski definition) is 2. The molecule has 1 aliphatic heterocycles. The van der Waals surface area contributed by atoms with Crippen molar-refractivity contribution in [3.63, 3.8) is 0 Å². The van der Waals surface area contributed by atoms with Crippen molar-refractivity contribution in [3.05, 3.63) is 23.2 Å². The molecule has 0 aromatic heterocycles. The second kappa shape index (κ2) is 6.46. The lowest BCUT2D eigenvalue weighted by Crippen LogP contribution is -2.44. The Labute approximate surface area is 125 Å². The maximum Gasteiger partial charge on any atom is 0.241 e. The van der Waals surface area contributed by atoms with E-state index in [4.69, 9.17) is 17.3 Å². The zero-order valence-corrected chi connectivity index (χ0v) is 12.8. The maximum atomic E-state index is 12.4. The molecule has 1 saturated heterocycles. The Morgan fingerprint density at radius 3 is 3.05 bits per heavy atom. The number of benzene rings is 1. The van der Waals surface area contributed by atoms with E-state index in [9.17, 15) is 4.79 Å². The highest BCUT2D eigenvalue weighted by atomic mass is 35.5. The first-order valence-corrected chi connectivity index (χ1v) is 7.52. The minimum absolute atomic E-state index is 0.0284. The van der Waals surface area contributed by atoms with Crippen molar-refractivity contribution in [2.24, 2.45) is 0 Å². The van der Waals surface area contributed by atoms with Gasteiger partial charge >= 0.3 is 0 Å². The summed E-state index contributed by atoms with van der Waals surface area (Å²) >= 11 is 5.94. The second-order valence-corrected chi connectivity index (χ2v) is 5.78. The van der Waals surface area contributed by atoms with Crippen LogP contribution in [0.25, 0.3) is 0 Å². The van der Waals surface area contributed by atoms with Gasteiger partial charge in [-0.2, -0.15) is 0 Å². The molecule has 3 N–H and O–H groups in total. The monoisotopic (exact) mass is 295 g/mol. The van der Waals surface area contributed by atoms with Crippen LogP contribution in [0.1, 0.15) is 33.1 Å². The lowest BCUT2D eigenvalue weighted by Gasteiger charge is -2.29. The predicted octanol–water partition coefficient (Wildman–Crippen LogP) is 3.12. The molecule has 1 aromatic rings. The van der Waals surface area contributed by atoms with Crippen LogP contribution in [0.5, 0.6) is 0 Å². The number of nitrogens with zero attached hydrogens (tertiary/aromatic N) is 1. The Hall–Kier alpha value is -1.26. The van der Waals surface area contributed by atoms with E-state index in [1.807, 2.05) is 6.92 Å². The van der Waals surface area contributed by atoms with Gasteiger partial charge in [0.1, 0.15) is 0 Å². The van der Waals surface area contributed by atoms with Gasteiger partial charge in [-0.05, 0) is 50.9 Å². The smallest absolute Gasteiger partial charge is 0.241 e. The third kappa shape index (κ3) is 3.25. The number of nitrogen functional groups attached to an aromatic ring is 1. The Morgan fingerprint density at radius 1 is 1.60 bits per heavy atom. The quantitative estimate of drug-likeness (QED) is 0.839. The molecule has 1 aliphatic rings. The van der Waals surface area contributed by atoms with Crippen molar-refractivity contribution in [1.82, 2.24) is 4.90 Å². The van der Waals surface area contributed by atoms with Gasteiger partial charge in [0.15, 0.2) is 0 Å². The molecule has 0 spiro atoms. The summed E-state index contributed by atoms with van der Waals surface area (Å²) in [5, 5.41) is 3.45. The standard InChI is InChI=1S/C15H22ClN3O/c1-3-12-5-4-8-19(12)10(2)15(20)18-14-9-11(16)6-7-13(14)17/h6-7,9-10,12H,3-5,8,17H2,1-2H3,(H,18,20). The first-order chi connectivity index (χ1) is 9.52. The van der Waals surface area contributed by atoms with Crippen LogP contribution in [-0.2, 0) is 4.79 Å². The molecule has 2 rings (SSSR count). The van der Waals surface area contributed by atoms with Crippen LogP contribution >= 0.6 is 11.6 Å². The van der Waals surface area contributed by atoms with E-state index >= 15 is 0 Å². The number of halogens is 1. The largest absolute Gasteiger partial charge is 0.397 e. The summed E-state index contributed by atoms with van der Waals surface area (Å²) in [5.74, 6) is -0.0284. The van der Waals surface area contributed by atoms with Gasteiger partial charge in [-0.15, -0.1) is 0 Å². The molecule has 20 heavy (non-hydrogen) atoms. The van der Waals surface area contributed by atoms with Crippen LogP contribution in [0.4, 0.5) is 11.4 Å². The number of hydrogen-bond acceptors (Lipinski definition) is 3. The fraction of sp³-hybridized carbons (Fsp3) is 0.533. The molecule has 0 radical (unpaired) electrons.